The summed E-state index contributed by atoms with van der Waals surface area (Å²) in [6.45, 7) is 6.01. The first-order valence-electron chi connectivity index (χ1n) is 4.36. The molecule has 6 heteroatoms. The Morgan fingerprint density at radius 1 is 1.36 bits per heavy atom. The second-order valence-electron chi connectivity index (χ2n) is 3.95. The van der Waals surface area contributed by atoms with Crippen molar-refractivity contribution < 1.29 is 13.8 Å². The predicted octanol–water partition coefficient (Wildman–Crippen LogP) is 1.35. The fourth-order valence-electron chi connectivity index (χ4n) is 1.21. The van der Waals surface area contributed by atoms with E-state index in [0.717, 1.165) is 5.46 Å². The summed E-state index contributed by atoms with van der Waals surface area (Å²) in [5.41, 5.74) is 0.494. The van der Waals surface area contributed by atoms with E-state index in [2.05, 4.69) is 27.7 Å². The Kier molecular flexibility index (Phi) is 2.40. The predicted molar refractivity (Wildman–Crippen MR) is 60.6 cm³/mol. The van der Waals surface area contributed by atoms with Gasteiger partial charge in [0.15, 0.2) is 0 Å². The van der Waals surface area contributed by atoms with Gasteiger partial charge >= 0.3 is 7.12 Å². The Morgan fingerprint density at radius 2 is 2.07 bits per heavy atom. The van der Waals surface area contributed by atoms with Crippen LogP contribution in [-0.4, -0.2) is 21.5 Å². The van der Waals surface area contributed by atoms with Gasteiger partial charge in [-0.15, -0.1) is 0 Å². The molecule has 0 saturated carbocycles. The number of aromatic nitrogens is 1. The molecule has 0 aliphatic carbocycles. The highest BCUT2D eigenvalue weighted by Gasteiger charge is 2.53. The minimum absolute atomic E-state index is 0.324. The van der Waals surface area contributed by atoms with Crippen LogP contribution in [0.5, 0.6) is 0 Å². The fourth-order valence-corrected chi connectivity index (χ4v) is 1.56. The van der Waals surface area contributed by atoms with Crippen molar-refractivity contribution in [1.29, 1.82) is 0 Å². The molecule has 0 N–H and O–H groups in total. The fraction of sp³-hybridized carbons (Fsp3) is 0.625. The normalized spacial score (nSPS) is 31.0. The Bertz CT molecular complexity index is 309. The van der Waals surface area contributed by atoms with Crippen LogP contribution in [-0.2, 0) is 9.31 Å². The van der Waals surface area contributed by atoms with E-state index in [1.54, 1.807) is 12.5 Å². The van der Waals surface area contributed by atoms with Gasteiger partial charge in [-0.05, 0) is 43.4 Å². The molecule has 4 nitrogen and oxygen atoms in total. The van der Waals surface area contributed by atoms with Gasteiger partial charge < -0.3 is 13.8 Å². The summed E-state index contributed by atoms with van der Waals surface area (Å²) in [4.78, 5) is 0. The third kappa shape index (κ3) is 1.59. The number of alkyl halides is 1. The molecule has 1 saturated heterocycles. The molecule has 1 aliphatic rings. The van der Waals surface area contributed by atoms with Crippen LogP contribution >= 0.6 is 22.6 Å². The van der Waals surface area contributed by atoms with E-state index in [1.807, 2.05) is 20.8 Å². The lowest BCUT2D eigenvalue weighted by atomic mass is 9.82. The molecule has 0 radical (unpaired) electrons. The number of hydrogen-bond donors (Lipinski definition) is 0. The summed E-state index contributed by atoms with van der Waals surface area (Å²) in [5.74, 6) is 0. The zero-order chi connectivity index (χ0) is 10.4. The van der Waals surface area contributed by atoms with Gasteiger partial charge in [-0.3, -0.25) is 0 Å². The van der Waals surface area contributed by atoms with Gasteiger partial charge in [0.05, 0.1) is 11.8 Å². The van der Waals surface area contributed by atoms with Gasteiger partial charge in [0.2, 0.25) is 0 Å². The van der Waals surface area contributed by atoms with Gasteiger partial charge in [0.25, 0.3) is 0 Å². The molecule has 14 heavy (non-hydrogen) atoms. The Morgan fingerprint density at radius 3 is 2.50 bits per heavy atom. The lowest BCUT2D eigenvalue weighted by Gasteiger charge is -2.30. The molecular weight excluding hydrogens is 296 g/mol. The molecule has 2 rings (SSSR count). The van der Waals surface area contributed by atoms with E-state index in [4.69, 9.17) is 13.8 Å². The van der Waals surface area contributed by atoms with Gasteiger partial charge in [0, 0.05) is 5.46 Å². The quantitative estimate of drug-likeness (QED) is 0.446. The van der Waals surface area contributed by atoms with Crippen LogP contribution in [0, 0.1) is 0 Å². The highest BCUT2D eigenvalue weighted by atomic mass is 127. The van der Waals surface area contributed by atoms with Gasteiger partial charge in [-0.2, -0.15) is 0 Å². The minimum atomic E-state index is -0.377. The number of halogens is 1. The van der Waals surface area contributed by atoms with Crippen LogP contribution in [0.1, 0.15) is 20.8 Å². The standard InChI is InChI=1S/C8H11BINO3/c1-7(2)8(3,10)14-9(13-7)6-4-11-12-5-6/h4-5H,1-3H3. The summed E-state index contributed by atoms with van der Waals surface area (Å²) in [7, 11) is -0.377. The summed E-state index contributed by atoms with van der Waals surface area (Å²) in [5, 5.41) is 3.62. The van der Waals surface area contributed by atoms with Gasteiger partial charge in [-0.1, -0.05) is 5.16 Å². The van der Waals surface area contributed by atoms with Crippen LogP contribution in [0.2, 0.25) is 0 Å². The first-order chi connectivity index (χ1) is 6.42. The summed E-state index contributed by atoms with van der Waals surface area (Å²) >= 11 is 2.25. The largest absolute Gasteiger partial charge is 0.500 e. The topological polar surface area (TPSA) is 44.5 Å². The summed E-state index contributed by atoms with van der Waals surface area (Å²) < 4.78 is 16.0. The maximum atomic E-state index is 5.78. The number of nitrogens with zero attached hydrogens (tertiary/aromatic N) is 1. The van der Waals surface area contributed by atoms with Gasteiger partial charge in [-0.25, -0.2) is 0 Å². The number of rotatable bonds is 1. The van der Waals surface area contributed by atoms with E-state index in [0.29, 0.717) is 0 Å². The Hall–Kier alpha value is -0.0751. The van der Waals surface area contributed by atoms with E-state index in [-0.39, 0.29) is 16.3 Å². The van der Waals surface area contributed by atoms with Crippen molar-refractivity contribution in [3.05, 3.63) is 12.5 Å². The average Bonchev–Trinajstić information content (AvgIpc) is 2.58. The van der Waals surface area contributed by atoms with Crippen LogP contribution in [0.25, 0.3) is 0 Å². The minimum Gasteiger partial charge on any atom is -0.398 e. The summed E-state index contributed by atoms with van der Waals surface area (Å²) in [6.07, 6.45) is 3.15. The first-order valence-corrected chi connectivity index (χ1v) is 5.44. The lowest BCUT2D eigenvalue weighted by molar-refractivity contribution is 0.0726. The smallest absolute Gasteiger partial charge is 0.398 e. The van der Waals surface area contributed by atoms with Crippen LogP contribution < -0.4 is 5.46 Å². The van der Waals surface area contributed by atoms with Crippen molar-refractivity contribution in [1.82, 2.24) is 5.16 Å². The third-order valence-electron chi connectivity index (χ3n) is 2.53. The maximum absolute atomic E-state index is 5.78. The molecule has 1 aromatic rings. The molecule has 0 spiro atoms. The molecule has 0 aromatic carbocycles. The van der Waals surface area contributed by atoms with Crippen molar-refractivity contribution in [2.75, 3.05) is 0 Å². The monoisotopic (exact) mass is 307 g/mol. The molecule has 76 valence electrons. The van der Waals surface area contributed by atoms with E-state index in [1.165, 1.54) is 0 Å². The summed E-state index contributed by atoms with van der Waals surface area (Å²) in [6, 6.07) is 0. The van der Waals surface area contributed by atoms with Crippen molar-refractivity contribution in [3.8, 4) is 0 Å². The second-order valence-corrected chi connectivity index (χ2v) is 6.01. The molecule has 2 heterocycles. The van der Waals surface area contributed by atoms with Crippen molar-refractivity contribution in [2.45, 2.75) is 30.0 Å². The maximum Gasteiger partial charge on any atom is 0.500 e. The molecule has 1 unspecified atom stereocenters. The average molecular weight is 307 g/mol. The van der Waals surface area contributed by atoms with Crippen LogP contribution in [0.15, 0.2) is 17.0 Å². The zero-order valence-electron chi connectivity index (χ0n) is 8.28. The van der Waals surface area contributed by atoms with Crippen molar-refractivity contribution >= 4 is 35.2 Å². The van der Waals surface area contributed by atoms with E-state index in [9.17, 15) is 0 Å². The molecular formula is C8H11BINO3. The molecule has 1 atom stereocenters. The van der Waals surface area contributed by atoms with E-state index >= 15 is 0 Å². The van der Waals surface area contributed by atoms with Crippen LogP contribution in [0.4, 0.5) is 0 Å². The molecule has 1 fully saturated rings. The Balaban J connectivity index is 2.22. The highest BCUT2D eigenvalue weighted by Crippen LogP contribution is 2.41. The van der Waals surface area contributed by atoms with Crippen LogP contribution in [0.3, 0.4) is 0 Å². The first kappa shape index (κ1) is 10.4. The van der Waals surface area contributed by atoms with Gasteiger partial charge in [0.1, 0.15) is 9.87 Å². The van der Waals surface area contributed by atoms with E-state index < -0.39 is 0 Å². The van der Waals surface area contributed by atoms with Crippen molar-refractivity contribution in [2.24, 2.45) is 0 Å². The molecule has 0 bridgehead atoms. The number of hydrogen-bond acceptors (Lipinski definition) is 4. The third-order valence-corrected chi connectivity index (χ3v) is 4.08. The SMILES string of the molecule is CC1(C)OB(c2cnoc2)OC1(C)I. The lowest BCUT2D eigenvalue weighted by Crippen LogP contribution is -2.38. The molecule has 1 aliphatic heterocycles. The Labute approximate surface area is 96.6 Å². The second kappa shape index (κ2) is 3.21. The molecule has 1 aromatic heterocycles. The highest BCUT2D eigenvalue weighted by molar-refractivity contribution is 14.1. The zero-order valence-corrected chi connectivity index (χ0v) is 10.4. The van der Waals surface area contributed by atoms with Crippen molar-refractivity contribution in [3.63, 3.8) is 0 Å². The molecule has 0 amide bonds.